The quantitative estimate of drug-likeness (QED) is 0.311. The molecule has 29 heavy (non-hydrogen) atoms. The third-order valence-corrected chi connectivity index (χ3v) is 4.56. The van der Waals surface area contributed by atoms with Crippen LogP contribution in [-0.2, 0) is 0 Å². The number of phenols is 2. The van der Waals surface area contributed by atoms with Gasteiger partial charge in [-0.3, -0.25) is 9.59 Å². The number of carbonyl (C=O) groups excluding carboxylic acids is 2. The maximum Gasteiger partial charge on any atom is 0.336 e. The van der Waals surface area contributed by atoms with Crippen molar-refractivity contribution in [3.8, 4) is 11.5 Å². The fourth-order valence-corrected chi connectivity index (χ4v) is 3.20. The lowest BCUT2D eigenvalue weighted by Crippen LogP contribution is -2.20. The molecule has 4 aromatic rings. The van der Waals surface area contributed by atoms with Gasteiger partial charge in [0.1, 0.15) is 17.1 Å². The van der Waals surface area contributed by atoms with Crippen LogP contribution in [0.4, 0.5) is 0 Å². The van der Waals surface area contributed by atoms with Gasteiger partial charge in [0.25, 0.3) is 0 Å². The molecule has 0 saturated carbocycles. The molecule has 6 nitrogen and oxygen atoms in total. The van der Waals surface area contributed by atoms with Crippen LogP contribution in [0, 0.1) is 0 Å². The van der Waals surface area contributed by atoms with Crippen LogP contribution in [-0.4, -0.2) is 21.8 Å². The third-order valence-electron chi connectivity index (χ3n) is 4.56. The van der Waals surface area contributed by atoms with Crippen LogP contribution in [0.3, 0.4) is 0 Å². The number of benzene rings is 3. The van der Waals surface area contributed by atoms with Crippen LogP contribution < -0.4 is 5.63 Å². The Morgan fingerprint density at radius 3 is 1.69 bits per heavy atom. The summed E-state index contributed by atoms with van der Waals surface area (Å²) in [6.07, 6.45) is 0. The number of para-hydroxylation sites is 1. The summed E-state index contributed by atoms with van der Waals surface area (Å²) in [6, 6.07) is 19.3. The van der Waals surface area contributed by atoms with Crippen molar-refractivity contribution in [2.24, 2.45) is 0 Å². The summed E-state index contributed by atoms with van der Waals surface area (Å²) in [7, 11) is 0. The molecule has 3 aromatic carbocycles. The molecule has 1 heterocycles. The molecule has 1 aromatic heterocycles. The van der Waals surface area contributed by atoms with Crippen LogP contribution in [0.25, 0.3) is 11.0 Å². The first kappa shape index (κ1) is 18.2. The average Bonchev–Trinajstić information content (AvgIpc) is 2.74. The molecule has 0 bridgehead atoms. The van der Waals surface area contributed by atoms with Crippen LogP contribution in [0.5, 0.6) is 11.5 Å². The Balaban J connectivity index is 0.000000159. The minimum atomic E-state index is -0.450. The molecular weight excluding hydrogens is 372 g/mol. The predicted octanol–water partition coefficient (Wildman–Crippen LogP) is 3.67. The summed E-state index contributed by atoms with van der Waals surface area (Å²) >= 11 is 0. The molecule has 0 spiro atoms. The smallest absolute Gasteiger partial charge is 0.336 e. The van der Waals surface area contributed by atoms with Crippen molar-refractivity contribution in [2.45, 2.75) is 0 Å². The highest BCUT2D eigenvalue weighted by atomic mass is 16.4. The number of ketones is 2. The molecule has 0 radical (unpaired) electrons. The van der Waals surface area contributed by atoms with E-state index in [0.29, 0.717) is 5.58 Å². The van der Waals surface area contributed by atoms with Crippen molar-refractivity contribution < 1.29 is 24.2 Å². The topological polar surface area (TPSA) is 105 Å². The van der Waals surface area contributed by atoms with Gasteiger partial charge in [0.2, 0.25) is 0 Å². The number of fused-ring (bicyclic) bond motifs is 3. The standard InChI is InChI=1S/C14H8O4.C9H6O2/c15-9-5-6-10(16)12-11(9)13(17)7-3-1-2-4-8(7)14(12)18;10-9-6-5-7-3-1-2-4-8(7)11-9/h1-6,15-16H;1-6H. The van der Waals surface area contributed by atoms with Gasteiger partial charge in [-0.2, -0.15) is 0 Å². The van der Waals surface area contributed by atoms with Crippen LogP contribution in [0.15, 0.2) is 82.0 Å². The second-order valence-electron chi connectivity index (χ2n) is 6.35. The molecule has 0 unspecified atom stereocenters. The zero-order valence-corrected chi connectivity index (χ0v) is 15.0. The van der Waals surface area contributed by atoms with Gasteiger partial charge in [-0.1, -0.05) is 42.5 Å². The second-order valence-corrected chi connectivity index (χ2v) is 6.35. The van der Waals surface area contributed by atoms with E-state index in [1.54, 1.807) is 24.3 Å². The molecule has 0 fully saturated rings. The van der Waals surface area contributed by atoms with Crippen molar-refractivity contribution >= 4 is 22.5 Å². The van der Waals surface area contributed by atoms with Gasteiger partial charge in [0, 0.05) is 22.6 Å². The highest BCUT2D eigenvalue weighted by molar-refractivity contribution is 6.30. The Bertz CT molecular complexity index is 1270. The normalized spacial score (nSPS) is 12.0. The number of hydrogen-bond acceptors (Lipinski definition) is 6. The zero-order valence-electron chi connectivity index (χ0n) is 15.0. The molecule has 0 aliphatic heterocycles. The van der Waals surface area contributed by atoms with Gasteiger partial charge >= 0.3 is 5.63 Å². The Kier molecular flexibility index (Phi) is 4.44. The molecule has 0 atom stereocenters. The van der Waals surface area contributed by atoms with Crippen molar-refractivity contribution in [1.82, 2.24) is 0 Å². The monoisotopic (exact) mass is 386 g/mol. The number of aromatic hydroxyl groups is 2. The summed E-state index contributed by atoms with van der Waals surface area (Å²) in [5.74, 6) is -1.49. The van der Waals surface area contributed by atoms with Gasteiger partial charge in [-0.15, -0.1) is 0 Å². The summed E-state index contributed by atoms with van der Waals surface area (Å²) in [6.45, 7) is 0. The molecule has 6 heteroatoms. The Morgan fingerprint density at radius 1 is 0.586 bits per heavy atom. The molecular formula is C23H14O6. The number of carbonyl (C=O) groups is 2. The SMILES string of the molecule is O=C1c2ccccc2C(=O)c2c(O)ccc(O)c21.O=c1ccc2ccccc2o1. The Labute approximate surface area is 164 Å². The van der Waals surface area contributed by atoms with E-state index in [0.717, 1.165) is 5.39 Å². The lowest BCUT2D eigenvalue weighted by molar-refractivity contribution is 0.0974. The number of phenolic OH excluding ortho intramolecular Hbond substituents is 2. The molecule has 2 N–H and O–H groups in total. The largest absolute Gasteiger partial charge is 0.507 e. The molecule has 5 rings (SSSR count). The van der Waals surface area contributed by atoms with Crippen molar-refractivity contribution in [3.05, 3.63) is 105 Å². The van der Waals surface area contributed by atoms with E-state index in [9.17, 15) is 24.6 Å². The summed E-state index contributed by atoms with van der Waals surface area (Å²) in [5.41, 5.74) is 0.577. The summed E-state index contributed by atoms with van der Waals surface area (Å²) in [5, 5.41) is 20.4. The van der Waals surface area contributed by atoms with Crippen LogP contribution in [0.2, 0.25) is 0 Å². The first-order valence-corrected chi connectivity index (χ1v) is 8.69. The molecule has 0 amide bonds. The summed E-state index contributed by atoms with van der Waals surface area (Å²) < 4.78 is 4.91. The fraction of sp³-hybridized carbons (Fsp3) is 0. The third kappa shape index (κ3) is 3.17. The van der Waals surface area contributed by atoms with E-state index in [2.05, 4.69) is 0 Å². The van der Waals surface area contributed by atoms with E-state index >= 15 is 0 Å². The molecule has 142 valence electrons. The molecule has 0 saturated heterocycles. The lowest BCUT2D eigenvalue weighted by Gasteiger charge is -2.18. The van der Waals surface area contributed by atoms with E-state index < -0.39 is 11.6 Å². The van der Waals surface area contributed by atoms with Crippen LogP contribution in [0.1, 0.15) is 31.8 Å². The van der Waals surface area contributed by atoms with Crippen molar-refractivity contribution in [2.75, 3.05) is 0 Å². The second kappa shape index (κ2) is 7.09. The first-order chi connectivity index (χ1) is 14.0. The average molecular weight is 386 g/mol. The van der Waals surface area contributed by atoms with E-state index in [1.807, 2.05) is 18.2 Å². The molecule has 1 aliphatic rings. The fourth-order valence-electron chi connectivity index (χ4n) is 3.20. The van der Waals surface area contributed by atoms with E-state index in [4.69, 9.17) is 4.42 Å². The van der Waals surface area contributed by atoms with Gasteiger partial charge in [-0.05, 0) is 24.3 Å². The first-order valence-electron chi connectivity index (χ1n) is 8.69. The maximum absolute atomic E-state index is 12.2. The zero-order chi connectivity index (χ0) is 20.5. The van der Waals surface area contributed by atoms with Crippen molar-refractivity contribution in [1.29, 1.82) is 0 Å². The maximum atomic E-state index is 12.2. The van der Waals surface area contributed by atoms with E-state index in [-0.39, 0.29) is 39.4 Å². The molecule has 1 aliphatic carbocycles. The van der Waals surface area contributed by atoms with Gasteiger partial charge in [0.05, 0.1) is 11.1 Å². The number of rotatable bonds is 0. The van der Waals surface area contributed by atoms with Gasteiger partial charge < -0.3 is 14.6 Å². The summed E-state index contributed by atoms with van der Waals surface area (Å²) in [4.78, 5) is 35.1. The van der Waals surface area contributed by atoms with Gasteiger partial charge in [0.15, 0.2) is 11.6 Å². The van der Waals surface area contributed by atoms with Crippen molar-refractivity contribution in [3.63, 3.8) is 0 Å². The van der Waals surface area contributed by atoms with E-state index in [1.165, 1.54) is 30.3 Å². The minimum absolute atomic E-state index is 0.126. The predicted molar refractivity (Wildman–Crippen MR) is 106 cm³/mol. The Morgan fingerprint density at radius 2 is 1.10 bits per heavy atom. The lowest BCUT2D eigenvalue weighted by atomic mass is 9.83. The van der Waals surface area contributed by atoms with Crippen LogP contribution >= 0.6 is 0 Å². The number of hydrogen-bond donors (Lipinski definition) is 2. The highest BCUT2D eigenvalue weighted by Crippen LogP contribution is 2.37. The highest BCUT2D eigenvalue weighted by Gasteiger charge is 2.33. The minimum Gasteiger partial charge on any atom is -0.507 e. The Hall–Kier alpha value is -4.19. The van der Waals surface area contributed by atoms with Gasteiger partial charge in [-0.25, -0.2) is 4.79 Å².